The van der Waals surface area contributed by atoms with E-state index in [1.807, 2.05) is 0 Å². The Bertz CT molecular complexity index is 568. The molecule has 82 valence electrons. The van der Waals surface area contributed by atoms with Crippen molar-refractivity contribution >= 4 is 17.0 Å². The number of carbonyl (C=O) groups excluding carboxylic acids is 1. The van der Waals surface area contributed by atoms with E-state index in [0.29, 0.717) is 0 Å². The zero-order chi connectivity index (χ0) is 11.7. The van der Waals surface area contributed by atoms with E-state index >= 15 is 0 Å². The van der Waals surface area contributed by atoms with Gasteiger partial charge in [0.15, 0.2) is 0 Å². The van der Waals surface area contributed by atoms with Gasteiger partial charge in [-0.15, -0.1) is 0 Å². The number of carbonyl (C=O) groups is 1. The third-order valence-corrected chi connectivity index (χ3v) is 2.05. The van der Waals surface area contributed by atoms with Crippen LogP contribution < -0.4 is 10.2 Å². The van der Waals surface area contributed by atoms with Gasteiger partial charge < -0.3 is 14.9 Å². The van der Waals surface area contributed by atoms with Crippen molar-refractivity contribution in [1.29, 1.82) is 0 Å². The molecular weight excluding hydrogens is 212 g/mol. The first kappa shape index (κ1) is 10.2. The summed E-state index contributed by atoms with van der Waals surface area (Å²) in [5, 5.41) is 23.2. The summed E-state index contributed by atoms with van der Waals surface area (Å²) in [6.07, 6.45) is 1.39. The van der Waals surface area contributed by atoms with E-state index in [-0.39, 0.29) is 11.0 Å². The van der Waals surface area contributed by atoms with Crippen LogP contribution >= 0.6 is 0 Å². The van der Waals surface area contributed by atoms with Gasteiger partial charge in [-0.1, -0.05) is 5.75 Å². The fourth-order valence-corrected chi connectivity index (χ4v) is 1.32. The molecule has 0 fully saturated rings. The van der Waals surface area contributed by atoms with E-state index in [1.54, 1.807) is 6.07 Å². The monoisotopic (exact) mass is 218 g/mol. The number of aromatic nitrogens is 2. The minimum atomic E-state index is -0.991. The van der Waals surface area contributed by atoms with Crippen LogP contribution in [0.25, 0.3) is 11.0 Å². The largest absolute Gasteiger partial charge is 0.870 e. The molecule has 0 amide bonds. The second-order valence-corrected chi connectivity index (χ2v) is 2.98. The highest BCUT2D eigenvalue weighted by molar-refractivity contribution is 6.00. The van der Waals surface area contributed by atoms with Crippen LogP contribution in [-0.4, -0.2) is 23.0 Å². The lowest BCUT2D eigenvalue weighted by Crippen LogP contribution is -2.13. The maximum absolute atomic E-state index is 11.7. The molecule has 0 N–H and O–H groups in total. The predicted molar refractivity (Wildman–Crippen MR) is 49.8 cm³/mol. The number of nitrogens with zero attached hydrogens (tertiary/aromatic N) is 2. The Morgan fingerprint density at radius 2 is 2.19 bits per heavy atom. The molecule has 0 bridgehead atoms. The van der Waals surface area contributed by atoms with Crippen molar-refractivity contribution in [2.45, 2.75) is 0 Å². The second kappa shape index (κ2) is 3.65. The van der Waals surface area contributed by atoms with Crippen molar-refractivity contribution in [3.63, 3.8) is 0 Å². The Morgan fingerprint density at radius 1 is 1.44 bits per heavy atom. The molecule has 0 spiro atoms. The topological polar surface area (TPSA) is 98.2 Å². The minimum absolute atomic E-state index is 0.0116. The highest BCUT2D eigenvalue weighted by Crippen LogP contribution is 2.28. The van der Waals surface area contributed by atoms with Gasteiger partial charge in [-0.05, 0) is 12.1 Å². The number of methoxy groups -OCH3 is 1. The van der Waals surface area contributed by atoms with E-state index in [2.05, 4.69) is 14.7 Å². The van der Waals surface area contributed by atoms with Gasteiger partial charge in [0.05, 0.1) is 23.7 Å². The third kappa shape index (κ3) is 1.40. The van der Waals surface area contributed by atoms with Crippen molar-refractivity contribution in [3.8, 4) is 11.6 Å². The number of fused-ring (bicyclic) bond motifs is 1. The highest BCUT2D eigenvalue weighted by Gasteiger charge is 2.11. The molecule has 6 heteroatoms. The SMILES string of the molecule is COC(=O)c1c([O-])nc2cccnc2c1[O-]. The van der Waals surface area contributed by atoms with Crippen molar-refractivity contribution < 1.29 is 19.7 Å². The lowest BCUT2D eigenvalue weighted by Gasteiger charge is -2.19. The van der Waals surface area contributed by atoms with Gasteiger partial charge in [0, 0.05) is 12.1 Å². The quantitative estimate of drug-likeness (QED) is 0.602. The summed E-state index contributed by atoms with van der Waals surface area (Å²) in [6.45, 7) is 0. The van der Waals surface area contributed by atoms with Crippen molar-refractivity contribution in [2.24, 2.45) is 0 Å². The molecule has 6 nitrogen and oxygen atoms in total. The van der Waals surface area contributed by atoms with Gasteiger partial charge in [0.25, 0.3) is 0 Å². The third-order valence-electron chi connectivity index (χ3n) is 2.05. The molecule has 0 unspecified atom stereocenters. The molecule has 2 aromatic heterocycles. The van der Waals surface area contributed by atoms with Crippen molar-refractivity contribution in [2.75, 3.05) is 7.11 Å². The summed E-state index contributed by atoms with van der Waals surface area (Å²) in [6, 6.07) is 3.03. The molecular formula is C10H6N2O4-2. The standard InChI is InChI=1S/C10H8N2O4/c1-16-10(15)6-8(13)7-5(12-9(6)14)3-2-4-11-7/h2-4H,1H3,(H2,12,13,14)/p-2. The fourth-order valence-electron chi connectivity index (χ4n) is 1.32. The molecule has 0 aliphatic rings. The van der Waals surface area contributed by atoms with Crippen LogP contribution in [0, 0.1) is 0 Å². The van der Waals surface area contributed by atoms with Crippen LogP contribution in [0.4, 0.5) is 0 Å². The summed E-state index contributed by atoms with van der Waals surface area (Å²) < 4.78 is 4.34. The van der Waals surface area contributed by atoms with Crippen molar-refractivity contribution in [3.05, 3.63) is 23.9 Å². The molecule has 0 saturated heterocycles. The first-order chi connectivity index (χ1) is 7.65. The number of pyridine rings is 2. The van der Waals surface area contributed by atoms with Crippen LogP contribution in [0.3, 0.4) is 0 Å². The Hall–Kier alpha value is -2.37. The zero-order valence-electron chi connectivity index (χ0n) is 8.26. The smallest absolute Gasteiger partial charge is 0.338 e. The van der Waals surface area contributed by atoms with Gasteiger partial charge in [0.2, 0.25) is 0 Å². The molecule has 0 aromatic carbocycles. The summed E-state index contributed by atoms with van der Waals surface area (Å²) in [5.41, 5.74) is -0.443. The number of ether oxygens (including phenoxy) is 1. The predicted octanol–water partition coefficient (Wildman–Crippen LogP) is -0.436. The molecule has 0 aliphatic carbocycles. The summed E-state index contributed by atoms with van der Waals surface area (Å²) >= 11 is 0. The van der Waals surface area contributed by atoms with Crippen LogP contribution in [0.15, 0.2) is 18.3 Å². The van der Waals surface area contributed by atoms with E-state index in [1.165, 1.54) is 12.3 Å². The minimum Gasteiger partial charge on any atom is -0.870 e. The van der Waals surface area contributed by atoms with Gasteiger partial charge in [-0.3, -0.25) is 9.97 Å². The molecule has 2 heterocycles. The zero-order valence-corrected chi connectivity index (χ0v) is 8.26. The molecule has 0 aliphatic heterocycles. The lowest BCUT2D eigenvalue weighted by molar-refractivity contribution is -0.284. The van der Waals surface area contributed by atoms with Gasteiger partial charge in [-0.2, -0.15) is 0 Å². The van der Waals surface area contributed by atoms with E-state index in [4.69, 9.17) is 0 Å². The van der Waals surface area contributed by atoms with Crippen LogP contribution in [0.2, 0.25) is 0 Å². The number of hydrogen-bond donors (Lipinski definition) is 0. The van der Waals surface area contributed by atoms with Crippen molar-refractivity contribution in [1.82, 2.24) is 9.97 Å². The van der Waals surface area contributed by atoms with Crippen LogP contribution in [-0.2, 0) is 4.74 Å². The first-order valence-electron chi connectivity index (χ1n) is 4.36. The number of rotatable bonds is 1. The summed E-state index contributed by atoms with van der Waals surface area (Å²) in [4.78, 5) is 18.6. The Labute approximate surface area is 90.1 Å². The normalized spacial score (nSPS) is 10.3. The van der Waals surface area contributed by atoms with Gasteiger partial charge in [-0.25, -0.2) is 4.79 Å². The fraction of sp³-hybridized carbons (Fsp3) is 0.100. The number of hydrogen-bond acceptors (Lipinski definition) is 6. The second-order valence-electron chi connectivity index (χ2n) is 2.98. The van der Waals surface area contributed by atoms with Gasteiger partial charge >= 0.3 is 5.97 Å². The van der Waals surface area contributed by atoms with E-state index in [0.717, 1.165) is 7.11 Å². The van der Waals surface area contributed by atoms with Gasteiger partial charge in [0.1, 0.15) is 0 Å². The molecule has 2 aromatic rings. The average Bonchev–Trinajstić information content (AvgIpc) is 2.28. The van der Waals surface area contributed by atoms with E-state index in [9.17, 15) is 15.0 Å². The average molecular weight is 218 g/mol. The molecule has 16 heavy (non-hydrogen) atoms. The van der Waals surface area contributed by atoms with Crippen LogP contribution in [0.1, 0.15) is 10.4 Å². The lowest BCUT2D eigenvalue weighted by atomic mass is 10.2. The molecule has 0 radical (unpaired) electrons. The number of esters is 1. The first-order valence-corrected chi connectivity index (χ1v) is 4.36. The van der Waals surface area contributed by atoms with Crippen LogP contribution in [0.5, 0.6) is 11.6 Å². The summed E-state index contributed by atoms with van der Waals surface area (Å²) in [7, 11) is 1.09. The maximum Gasteiger partial charge on any atom is 0.338 e. The molecule has 0 atom stereocenters. The summed E-state index contributed by atoms with van der Waals surface area (Å²) in [5.74, 6) is -2.63. The Morgan fingerprint density at radius 3 is 2.88 bits per heavy atom. The van der Waals surface area contributed by atoms with E-state index < -0.39 is 23.2 Å². The Kier molecular flexibility index (Phi) is 2.32. The highest BCUT2D eigenvalue weighted by atomic mass is 16.5. The molecule has 0 saturated carbocycles. The molecule has 2 rings (SSSR count). The maximum atomic E-state index is 11.7. The Balaban J connectivity index is 2.80.